The fourth-order valence-corrected chi connectivity index (χ4v) is 2.87. The van der Waals surface area contributed by atoms with Crippen LogP contribution in [0.5, 0.6) is 0 Å². The molecule has 3 heterocycles. The summed E-state index contributed by atoms with van der Waals surface area (Å²) in [6, 6.07) is 0.487. The van der Waals surface area contributed by atoms with Crippen LogP contribution in [0.1, 0.15) is 19.8 Å². The SMILES string of the molecule is CN=C(C)N1CC1CC(=N)N1CC(CC(=N)N2CC2)C1. The van der Waals surface area contributed by atoms with Gasteiger partial charge in [0.25, 0.3) is 0 Å². The van der Waals surface area contributed by atoms with Gasteiger partial charge in [0, 0.05) is 58.5 Å². The summed E-state index contributed by atoms with van der Waals surface area (Å²) in [5, 5.41) is 16.1. The summed E-state index contributed by atoms with van der Waals surface area (Å²) in [6.07, 6.45) is 1.73. The van der Waals surface area contributed by atoms with Crippen molar-refractivity contribution in [2.24, 2.45) is 10.9 Å². The van der Waals surface area contributed by atoms with Crippen LogP contribution in [0.15, 0.2) is 4.99 Å². The first kappa shape index (κ1) is 13.4. The molecule has 0 spiro atoms. The smallest absolute Gasteiger partial charge is 0.0979 e. The van der Waals surface area contributed by atoms with Crippen LogP contribution in [-0.4, -0.2) is 78.0 Å². The highest BCUT2D eigenvalue weighted by Crippen LogP contribution is 2.27. The van der Waals surface area contributed by atoms with Gasteiger partial charge in [-0.05, 0) is 6.92 Å². The Bertz CT molecular complexity index is 447. The van der Waals surface area contributed by atoms with Crippen LogP contribution in [0, 0.1) is 16.7 Å². The molecule has 0 aromatic rings. The number of amidine groups is 3. The van der Waals surface area contributed by atoms with Crippen LogP contribution in [0.4, 0.5) is 0 Å². The summed E-state index contributed by atoms with van der Waals surface area (Å²) in [5.41, 5.74) is 0. The molecule has 0 radical (unpaired) electrons. The molecule has 110 valence electrons. The molecule has 0 aromatic heterocycles. The highest BCUT2D eigenvalue weighted by molar-refractivity contribution is 5.86. The second-order valence-electron chi connectivity index (χ2n) is 6.14. The van der Waals surface area contributed by atoms with Crippen molar-refractivity contribution in [1.29, 1.82) is 10.8 Å². The maximum Gasteiger partial charge on any atom is 0.0979 e. The first-order chi connectivity index (χ1) is 9.58. The van der Waals surface area contributed by atoms with E-state index in [-0.39, 0.29) is 0 Å². The van der Waals surface area contributed by atoms with Gasteiger partial charge in [0.2, 0.25) is 0 Å². The Kier molecular flexibility index (Phi) is 3.40. The highest BCUT2D eigenvalue weighted by Gasteiger charge is 2.38. The van der Waals surface area contributed by atoms with Gasteiger partial charge in [-0.2, -0.15) is 0 Å². The van der Waals surface area contributed by atoms with E-state index in [0.717, 1.165) is 63.1 Å². The monoisotopic (exact) mass is 276 g/mol. The van der Waals surface area contributed by atoms with Crippen molar-refractivity contribution in [2.45, 2.75) is 25.8 Å². The van der Waals surface area contributed by atoms with Crippen molar-refractivity contribution >= 4 is 17.5 Å². The standard InChI is InChI=1S/C14H24N6/c1-10(17-2)20-9-12(20)6-14(16)19-7-11(8-19)5-13(15)18-3-4-18/h11-12,15-16H,3-9H2,1-2H3. The Balaban J connectivity index is 1.35. The number of aliphatic imine (C=N–C) groups is 1. The van der Waals surface area contributed by atoms with Gasteiger partial charge in [-0.15, -0.1) is 0 Å². The van der Waals surface area contributed by atoms with Crippen LogP contribution < -0.4 is 0 Å². The molecule has 1 atom stereocenters. The topological polar surface area (TPSA) is 69.3 Å². The number of likely N-dealkylation sites (tertiary alicyclic amines) is 1. The van der Waals surface area contributed by atoms with E-state index < -0.39 is 0 Å². The number of hydrogen-bond acceptors (Lipinski definition) is 3. The number of rotatable bonds is 4. The minimum Gasteiger partial charge on any atom is -0.360 e. The lowest BCUT2D eigenvalue weighted by Crippen LogP contribution is -2.51. The van der Waals surface area contributed by atoms with Crippen molar-refractivity contribution in [3.05, 3.63) is 0 Å². The second kappa shape index (κ2) is 5.07. The normalized spacial score (nSPS) is 25.6. The average Bonchev–Trinajstić information content (AvgIpc) is 3.23. The molecule has 0 amide bonds. The van der Waals surface area contributed by atoms with E-state index >= 15 is 0 Å². The van der Waals surface area contributed by atoms with Crippen molar-refractivity contribution < 1.29 is 0 Å². The molecular formula is C14H24N6. The van der Waals surface area contributed by atoms with Crippen molar-refractivity contribution in [3.63, 3.8) is 0 Å². The van der Waals surface area contributed by atoms with Gasteiger partial charge in [0.15, 0.2) is 0 Å². The second-order valence-corrected chi connectivity index (χ2v) is 6.14. The molecular weight excluding hydrogens is 252 g/mol. The largest absolute Gasteiger partial charge is 0.360 e. The molecule has 3 aliphatic rings. The molecule has 3 aliphatic heterocycles. The van der Waals surface area contributed by atoms with Gasteiger partial charge in [-0.1, -0.05) is 0 Å². The third-order valence-electron chi connectivity index (χ3n) is 4.53. The zero-order valence-electron chi connectivity index (χ0n) is 12.4. The van der Waals surface area contributed by atoms with Crippen molar-refractivity contribution in [1.82, 2.24) is 14.7 Å². The molecule has 3 fully saturated rings. The summed E-state index contributed by atoms with van der Waals surface area (Å²) < 4.78 is 0. The first-order valence-corrected chi connectivity index (χ1v) is 7.43. The van der Waals surface area contributed by atoms with Gasteiger partial charge in [-0.25, -0.2) is 0 Å². The molecule has 0 bridgehead atoms. The summed E-state index contributed by atoms with van der Waals surface area (Å²) in [5.74, 6) is 3.22. The van der Waals surface area contributed by atoms with E-state index in [2.05, 4.69) is 19.7 Å². The zero-order valence-corrected chi connectivity index (χ0v) is 12.4. The third-order valence-corrected chi connectivity index (χ3v) is 4.53. The van der Waals surface area contributed by atoms with Crippen LogP contribution in [0.25, 0.3) is 0 Å². The van der Waals surface area contributed by atoms with Gasteiger partial charge < -0.3 is 14.7 Å². The number of nitrogens with one attached hydrogen (secondary N) is 2. The molecule has 0 saturated carbocycles. The maximum absolute atomic E-state index is 8.17. The fourth-order valence-electron chi connectivity index (χ4n) is 2.87. The lowest BCUT2D eigenvalue weighted by atomic mass is 9.95. The molecule has 0 aliphatic carbocycles. The zero-order chi connectivity index (χ0) is 14.3. The quantitative estimate of drug-likeness (QED) is 0.451. The molecule has 6 heteroatoms. The lowest BCUT2D eigenvalue weighted by molar-refractivity contribution is 0.187. The Labute approximate surface area is 120 Å². The Hall–Kier alpha value is -1.59. The van der Waals surface area contributed by atoms with E-state index in [9.17, 15) is 0 Å². The van der Waals surface area contributed by atoms with E-state index in [4.69, 9.17) is 10.8 Å². The van der Waals surface area contributed by atoms with E-state index in [1.807, 2.05) is 14.0 Å². The summed E-state index contributed by atoms with van der Waals surface area (Å²) in [7, 11) is 1.82. The van der Waals surface area contributed by atoms with Crippen molar-refractivity contribution in [3.8, 4) is 0 Å². The van der Waals surface area contributed by atoms with Gasteiger partial charge >= 0.3 is 0 Å². The predicted molar refractivity (Wildman–Crippen MR) is 80.9 cm³/mol. The van der Waals surface area contributed by atoms with Gasteiger partial charge in [0.1, 0.15) is 0 Å². The summed E-state index contributed by atoms with van der Waals surface area (Å²) in [6.45, 7) is 7.14. The van der Waals surface area contributed by atoms with Crippen molar-refractivity contribution in [2.75, 3.05) is 39.8 Å². The minimum absolute atomic E-state index is 0.487. The minimum atomic E-state index is 0.487. The van der Waals surface area contributed by atoms with E-state index in [0.29, 0.717) is 12.0 Å². The van der Waals surface area contributed by atoms with Crippen LogP contribution in [0.3, 0.4) is 0 Å². The molecule has 3 rings (SSSR count). The van der Waals surface area contributed by atoms with E-state index in [1.54, 1.807) is 0 Å². The Morgan fingerprint density at radius 3 is 2.30 bits per heavy atom. The molecule has 3 saturated heterocycles. The number of hydrogen-bond donors (Lipinski definition) is 2. The van der Waals surface area contributed by atoms with Gasteiger partial charge in [0.05, 0.1) is 23.5 Å². The van der Waals surface area contributed by atoms with E-state index in [1.165, 1.54) is 0 Å². The number of nitrogens with zero attached hydrogens (tertiary/aromatic N) is 4. The highest BCUT2D eigenvalue weighted by atomic mass is 15.3. The van der Waals surface area contributed by atoms with Crippen LogP contribution >= 0.6 is 0 Å². The Morgan fingerprint density at radius 2 is 1.70 bits per heavy atom. The Morgan fingerprint density at radius 1 is 1.05 bits per heavy atom. The maximum atomic E-state index is 8.17. The predicted octanol–water partition coefficient (Wildman–Crippen LogP) is 0.701. The molecule has 20 heavy (non-hydrogen) atoms. The average molecular weight is 276 g/mol. The summed E-state index contributed by atoms with van der Waals surface area (Å²) >= 11 is 0. The first-order valence-electron chi connectivity index (χ1n) is 7.43. The third kappa shape index (κ3) is 2.78. The van der Waals surface area contributed by atoms with Gasteiger partial charge in [-0.3, -0.25) is 15.8 Å². The molecule has 2 N–H and O–H groups in total. The molecule has 0 aromatic carbocycles. The van der Waals surface area contributed by atoms with Crippen LogP contribution in [-0.2, 0) is 0 Å². The summed E-state index contributed by atoms with van der Waals surface area (Å²) in [4.78, 5) is 10.7. The molecule has 1 unspecified atom stereocenters. The lowest BCUT2D eigenvalue weighted by Gasteiger charge is -2.41. The van der Waals surface area contributed by atoms with Crippen LogP contribution in [0.2, 0.25) is 0 Å². The fraction of sp³-hybridized carbons (Fsp3) is 0.786. The molecule has 6 nitrogen and oxygen atoms in total.